The van der Waals surface area contributed by atoms with E-state index in [2.05, 4.69) is 11.9 Å². The van der Waals surface area contributed by atoms with Crippen LogP contribution in [0.1, 0.15) is 75.6 Å². The highest BCUT2D eigenvalue weighted by atomic mass is 16.5. The molecule has 6 rings (SSSR count). The molecule has 1 unspecified atom stereocenters. The molecule has 7 heteroatoms. The van der Waals surface area contributed by atoms with Gasteiger partial charge in [0.05, 0.1) is 17.3 Å². The van der Waals surface area contributed by atoms with Crippen molar-refractivity contribution in [3.63, 3.8) is 0 Å². The van der Waals surface area contributed by atoms with Crippen molar-refractivity contribution in [3.8, 4) is 0 Å². The maximum Gasteiger partial charge on any atom is 0.339 e. The number of carbonyl (C=O) groups is 2. The van der Waals surface area contributed by atoms with Gasteiger partial charge >= 0.3 is 11.9 Å². The summed E-state index contributed by atoms with van der Waals surface area (Å²) in [7, 11) is 0. The number of pyridine rings is 1. The average Bonchev–Trinajstić information content (AvgIpc) is 3.41. The number of carbonyl (C=O) groups excluding carboxylic acids is 2. The fourth-order valence-electron chi connectivity index (χ4n) is 9.16. The number of nitrogens with zero attached hydrogens (tertiary/aromatic N) is 1. The third-order valence-electron chi connectivity index (χ3n) is 11.2. The number of esters is 2. The standard InChI is InChI=1S/C29H37NO6/c1-27-9-7-20(36-26(33)17-4-3-11-30-15-17)13-19(27)5-6-22-23(27)14-24(31)28(2)21(8-10-29(22,28)34)18-12-25(32)35-16-18/h3-4,11-12,15,19-24,31,34H,5-10,13-14,16H2,1-2H3/t19-,20+,21-,22+,23?,24-,27-,28+,29+/m0/s1. The monoisotopic (exact) mass is 495 g/mol. The number of fused-ring (bicyclic) bond motifs is 5. The van der Waals surface area contributed by atoms with Crippen LogP contribution in [0.25, 0.3) is 0 Å². The summed E-state index contributed by atoms with van der Waals surface area (Å²) in [5.41, 5.74) is -0.266. The van der Waals surface area contributed by atoms with E-state index in [0.29, 0.717) is 24.3 Å². The van der Waals surface area contributed by atoms with Gasteiger partial charge in [0, 0.05) is 23.9 Å². The van der Waals surface area contributed by atoms with Gasteiger partial charge in [-0.25, -0.2) is 9.59 Å². The molecule has 4 saturated carbocycles. The van der Waals surface area contributed by atoms with E-state index in [9.17, 15) is 19.8 Å². The van der Waals surface area contributed by atoms with E-state index in [-0.39, 0.29) is 47.8 Å². The minimum absolute atomic E-state index is 0.0119. The lowest BCUT2D eigenvalue weighted by atomic mass is 9.42. The SMILES string of the molecule is C[C@@]12[C@@H](O)CC3[C@@H](CC[C@H]4C[C@H](OC(=O)c5cccnc5)CC[C@]34C)[C@]1(O)CC[C@H]2C1=CC(=O)OC1. The molecule has 0 radical (unpaired) electrons. The number of aliphatic hydroxyl groups excluding tert-OH is 1. The maximum absolute atomic E-state index is 12.6. The summed E-state index contributed by atoms with van der Waals surface area (Å²) in [4.78, 5) is 28.4. The van der Waals surface area contributed by atoms with Gasteiger partial charge in [0.1, 0.15) is 12.7 Å². The van der Waals surface area contributed by atoms with Crippen molar-refractivity contribution in [1.29, 1.82) is 0 Å². The lowest BCUT2D eigenvalue weighted by molar-refractivity contribution is -0.244. The fraction of sp³-hybridized carbons (Fsp3) is 0.690. The van der Waals surface area contributed by atoms with Crippen LogP contribution in [0.2, 0.25) is 0 Å². The zero-order chi connectivity index (χ0) is 25.3. The summed E-state index contributed by atoms with van der Waals surface area (Å²) < 4.78 is 11.1. The summed E-state index contributed by atoms with van der Waals surface area (Å²) in [6, 6.07) is 3.47. The maximum atomic E-state index is 12.6. The van der Waals surface area contributed by atoms with Crippen molar-refractivity contribution in [1.82, 2.24) is 4.98 Å². The number of rotatable bonds is 3. The molecule has 4 aliphatic carbocycles. The molecule has 2 heterocycles. The van der Waals surface area contributed by atoms with Crippen LogP contribution in [-0.4, -0.2) is 51.6 Å². The summed E-state index contributed by atoms with van der Waals surface area (Å²) >= 11 is 0. The number of hydrogen-bond acceptors (Lipinski definition) is 7. The first kappa shape index (κ1) is 24.1. The normalized spacial score (nSPS) is 45.7. The first-order valence-corrected chi connectivity index (χ1v) is 13.6. The molecule has 5 aliphatic rings. The Labute approximate surface area is 212 Å². The molecule has 2 N–H and O–H groups in total. The van der Waals surface area contributed by atoms with E-state index >= 15 is 0 Å². The molecule has 0 amide bonds. The number of cyclic esters (lactones) is 1. The third-order valence-corrected chi connectivity index (χ3v) is 11.2. The Balaban J connectivity index is 1.21. The van der Waals surface area contributed by atoms with E-state index in [1.807, 2.05) is 6.92 Å². The molecule has 194 valence electrons. The predicted octanol–water partition coefficient (Wildman–Crippen LogP) is 3.83. The fourth-order valence-corrected chi connectivity index (χ4v) is 9.16. The third kappa shape index (κ3) is 3.34. The molecular formula is C29H37NO6. The Kier molecular flexibility index (Phi) is 5.61. The van der Waals surface area contributed by atoms with E-state index < -0.39 is 17.1 Å². The Bertz CT molecular complexity index is 1090. The van der Waals surface area contributed by atoms with Crippen LogP contribution < -0.4 is 0 Å². The molecule has 0 saturated heterocycles. The van der Waals surface area contributed by atoms with Crippen LogP contribution in [0.4, 0.5) is 0 Å². The van der Waals surface area contributed by atoms with Crippen LogP contribution in [0.3, 0.4) is 0 Å². The molecule has 4 fully saturated rings. The van der Waals surface area contributed by atoms with Crippen LogP contribution >= 0.6 is 0 Å². The van der Waals surface area contributed by atoms with Crippen molar-refractivity contribution in [2.45, 2.75) is 83.0 Å². The van der Waals surface area contributed by atoms with Gasteiger partial charge in [0.2, 0.25) is 0 Å². The van der Waals surface area contributed by atoms with Gasteiger partial charge in [-0.05, 0) is 98.2 Å². The average molecular weight is 496 g/mol. The first-order chi connectivity index (χ1) is 17.2. The number of aliphatic hydroxyl groups is 2. The van der Waals surface area contributed by atoms with E-state index in [0.717, 1.165) is 44.1 Å². The van der Waals surface area contributed by atoms with Crippen LogP contribution in [0, 0.1) is 34.5 Å². The molecule has 0 spiro atoms. The smallest absolute Gasteiger partial charge is 0.339 e. The van der Waals surface area contributed by atoms with Crippen LogP contribution in [0.5, 0.6) is 0 Å². The highest BCUT2D eigenvalue weighted by Gasteiger charge is 2.70. The van der Waals surface area contributed by atoms with E-state index in [4.69, 9.17) is 9.47 Å². The molecule has 1 aromatic heterocycles. The van der Waals surface area contributed by atoms with E-state index in [1.165, 1.54) is 0 Å². The second kappa shape index (κ2) is 8.38. The van der Waals surface area contributed by atoms with Gasteiger partial charge in [-0.3, -0.25) is 4.98 Å². The Hall–Kier alpha value is -2.25. The number of aromatic nitrogens is 1. The van der Waals surface area contributed by atoms with Crippen molar-refractivity contribution < 1.29 is 29.3 Å². The second-order valence-corrected chi connectivity index (χ2v) is 12.4. The first-order valence-electron chi connectivity index (χ1n) is 13.6. The Morgan fingerprint density at radius 2 is 1.97 bits per heavy atom. The molecule has 1 aliphatic heterocycles. The molecule has 1 aromatic rings. The topological polar surface area (TPSA) is 106 Å². The molecule has 0 bridgehead atoms. The largest absolute Gasteiger partial charge is 0.459 e. The summed E-state index contributed by atoms with van der Waals surface area (Å²) in [6.07, 6.45) is 10.5. The molecule has 36 heavy (non-hydrogen) atoms. The second-order valence-electron chi connectivity index (χ2n) is 12.4. The quantitative estimate of drug-likeness (QED) is 0.614. The molecule has 7 nitrogen and oxygen atoms in total. The van der Waals surface area contributed by atoms with E-state index in [1.54, 1.807) is 30.6 Å². The zero-order valence-corrected chi connectivity index (χ0v) is 21.2. The minimum atomic E-state index is -0.968. The summed E-state index contributed by atoms with van der Waals surface area (Å²) in [6.45, 7) is 4.65. The van der Waals surface area contributed by atoms with Crippen molar-refractivity contribution >= 4 is 11.9 Å². The van der Waals surface area contributed by atoms with Gasteiger partial charge in [0.15, 0.2) is 0 Å². The number of ether oxygens (including phenoxy) is 2. The minimum Gasteiger partial charge on any atom is -0.459 e. The molecule has 0 aromatic carbocycles. The highest BCUT2D eigenvalue weighted by molar-refractivity contribution is 5.89. The highest BCUT2D eigenvalue weighted by Crippen LogP contribution is 2.70. The lowest BCUT2D eigenvalue weighted by Crippen LogP contribution is -2.67. The van der Waals surface area contributed by atoms with Gasteiger partial charge in [-0.1, -0.05) is 13.8 Å². The van der Waals surface area contributed by atoms with Crippen LogP contribution in [-0.2, 0) is 14.3 Å². The Morgan fingerprint density at radius 3 is 2.69 bits per heavy atom. The van der Waals surface area contributed by atoms with Crippen LogP contribution in [0.15, 0.2) is 36.2 Å². The summed E-state index contributed by atoms with van der Waals surface area (Å²) in [5.74, 6) is 0.0439. The van der Waals surface area contributed by atoms with Gasteiger partial charge in [-0.2, -0.15) is 0 Å². The van der Waals surface area contributed by atoms with Gasteiger partial charge in [-0.15, -0.1) is 0 Å². The zero-order valence-electron chi connectivity index (χ0n) is 21.2. The van der Waals surface area contributed by atoms with Crippen molar-refractivity contribution in [3.05, 3.63) is 41.7 Å². The summed E-state index contributed by atoms with van der Waals surface area (Å²) in [5, 5.41) is 24.0. The molecular weight excluding hydrogens is 458 g/mol. The molecule has 9 atom stereocenters. The van der Waals surface area contributed by atoms with Crippen molar-refractivity contribution in [2.24, 2.45) is 34.5 Å². The number of hydrogen-bond donors (Lipinski definition) is 2. The van der Waals surface area contributed by atoms with Gasteiger partial charge < -0.3 is 19.7 Å². The Morgan fingerprint density at radius 1 is 1.14 bits per heavy atom. The van der Waals surface area contributed by atoms with Gasteiger partial charge in [0.25, 0.3) is 0 Å². The predicted molar refractivity (Wildman–Crippen MR) is 131 cm³/mol. The lowest BCUT2D eigenvalue weighted by Gasteiger charge is -2.65. The van der Waals surface area contributed by atoms with Crippen molar-refractivity contribution in [2.75, 3.05) is 6.61 Å².